The molecule has 0 saturated heterocycles. The molecule has 1 amide bonds. The monoisotopic (exact) mass is 225 g/mol. The maximum absolute atomic E-state index is 11.3. The maximum Gasteiger partial charge on any atom is 0.217 e. The molecule has 16 heavy (non-hydrogen) atoms. The molecule has 1 unspecified atom stereocenters. The Labute approximate surface area is 98.3 Å². The molecule has 0 aromatic rings. The number of Topliss-reactive ketones (excluding diaryl/α,β-unsaturated/α-hetero) is 1. The summed E-state index contributed by atoms with van der Waals surface area (Å²) in [6, 6.07) is -0.336. The molecular weight excluding hydrogens is 202 g/mol. The molecule has 0 saturated carbocycles. The van der Waals surface area contributed by atoms with Gasteiger partial charge in [-0.05, 0) is 40.0 Å². The minimum absolute atomic E-state index is 0.0251. The van der Waals surface area contributed by atoms with Gasteiger partial charge in [-0.2, -0.15) is 0 Å². The minimum Gasteiger partial charge on any atom is -0.347 e. The van der Waals surface area contributed by atoms with Crippen molar-refractivity contribution in [1.29, 1.82) is 0 Å². The van der Waals surface area contributed by atoms with Gasteiger partial charge in [-0.3, -0.25) is 9.59 Å². The van der Waals surface area contributed by atoms with Crippen molar-refractivity contribution in [3.05, 3.63) is 11.1 Å². The number of carbonyl (C=O) groups is 2. The Morgan fingerprint density at radius 2 is 1.62 bits per heavy atom. The van der Waals surface area contributed by atoms with Crippen LogP contribution in [0.2, 0.25) is 0 Å². The molecule has 0 spiro atoms. The predicted octanol–water partition coefficient (Wildman–Crippen LogP) is 2.61. The van der Waals surface area contributed by atoms with Crippen LogP contribution in [-0.4, -0.2) is 17.7 Å². The van der Waals surface area contributed by atoms with E-state index in [-0.39, 0.29) is 17.7 Å². The quantitative estimate of drug-likeness (QED) is 0.706. The van der Waals surface area contributed by atoms with Crippen LogP contribution < -0.4 is 5.32 Å². The van der Waals surface area contributed by atoms with E-state index in [9.17, 15) is 9.59 Å². The molecule has 0 heterocycles. The molecule has 0 bridgehead atoms. The number of amides is 1. The predicted molar refractivity (Wildman–Crippen MR) is 66.2 cm³/mol. The van der Waals surface area contributed by atoms with Crippen LogP contribution in [0.15, 0.2) is 11.1 Å². The molecule has 1 atom stereocenters. The van der Waals surface area contributed by atoms with E-state index in [2.05, 4.69) is 26.1 Å². The van der Waals surface area contributed by atoms with Gasteiger partial charge in [0, 0.05) is 6.92 Å². The van der Waals surface area contributed by atoms with Gasteiger partial charge in [0.2, 0.25) is 5.91 Å². The largest absolute Gasteiger partial charge is 0.347 e. The summed E-state index contributed by atoms with van der Waals surface area (Å²) in [5, 5.41) is 2.68. The zero-order valence-electron chi connectivity index (χ0n) is 11.0. The number of rotatable bonds is 6. The fourth-order valence-electron chi connectivity index (χ4n) is 1.50. The van der Waals surface area contributed by atoms with Crippen LogP contribution in [0.5, 0.6) is 0 Å². The van der Waals surface area contributed by atoms with Crippen molar-refractivity contribution in [2.45, 2.75) is 59.9 Å². The lowest BCUT2D eigenvalue weighted by molar-refractivity contribution is -0.125. The lowest BCUT2D eigenvalue weighted by Crippen LogP contribution is -2.38. The zero-order valence-corrected chi connectivity index (χ0v) is 11.0. The topological polar surface area (TPSA) is 46.2 Å². The van der Waals surface area contributed by atoms with Crippen LogP contribution in [0.1, 0.15) is 53.9 Å². The van der Waals surface area contributed by atoms with Crippen LogP contribution in [0.25, 0.3) is 0 Å². The zero-order chi connectivity index (χ0) is 12.7. The second-order valence-electron chi connectivity index (χ2n) is 4.32. The van der Waals surface area contributed by atoms with Gasteiger partial charge in [-0.1, -0.05) is 18.1 Å². The first-order valence-electron chi connectivity index (χ1n) is 5.81. The third-order valence-corrected chi connectivity index (χ3v) is 2.94. The van der Waals surface area contributed by atoms with E-state index in [4.69, 9.17) is 0 Å². The summed E-state index contributed by atoms with van der Waals surface area (Å²) >= 11 is 0. The van der Waals surface area contributed by atoms with Crippen molar-refractivity contribution < 1.29 is 9.59 Å². The molecule has 3 nitrogen and oxygen atoms in total. The SMILES string of the molecule is CC/C(C)=C(/C)CCC(NC(C)=O)C(C)=O. The van der Waals surface area contributed by atoms with Crippen LogP contribution in [0.4, 0.5) is 0 Å². The maximum atomic E-state index is 11.3. The molecule has 0 aliphatic rings. The molecule has 0 aromatic heterocycles. The standard InChI is InChI=1S/C13H23NO2/c1-6-9(2)10(3)7-8-13(11(4)15)14-12(5)16/h13H,6-8H2,1-5H3,(H,14,16)/b10-9-. The molecule has 1 N–H and O–H groups in total. The van der Waals surface area contributed by atoms with E-state index in [0.29, 0.717) is 6.42 Å². The number of allylic oxidation sites excluding steroid dienone is 2. The van der Waals surface area contributed by atoms with Gasteiger partial charge in [0.25, 0.3) is 0 Å². The smallest absolute Gasteiger partial charge is 0.217 e. The van der Waals surface area contributed by atoms with Crippen molar-refractivity contribution >= 4 is 11.7 Å². The van der Waals surface area contributed by atoms with Gasteiger partial charge in [-0.15, -0.1) is 0 Å². The Morgan fingerprint density at radius 1 is 1.06 bits per heavy atom. The summed E-state index contributed by atoms with van der Waals surface area (Å²) in [5.41, 5.74) is 2.68. The van der Waals surface area contributed by atoms with Gasteiger partial charge in [-0.25, -0.2) is 0 Å². The first kappa shape index (κ1) is 14.9. The van der Waals surface area contributed by atoms with Crippen molar-refractivity contribution in [2.24, 2.45) is 0 Å². The minimum atomic E-state index is -0.336. The highest BCUT2D eigenvalue weighted by Crippen LogP contribution is 2.14. The van der Waals surface area contributed by atoms with Gasteiger partial charge in [0.15, 0.2) is 5.78 Å². The molecule has 0 fully saturated rings. The molecule has 3 heteroatoms. The average Bonchev–Trinajstić information content (AvgIpc) is 2.21. The molecule has 0 aliphatic carbocycles. The summed E-state index contributed by atoms with van der Waals surface area (Å²) in [6.07, 6.45) is 2.60. The van der Waals surface area contributed by atoms with Crippen molar-refractivity contribution in [3.8, 4) is 0 Å². The van der Waals surface area contributed by atoms with E-state index >= 15 is 0 Å². The highest BCUT2D eigenvalue weighted by molar-refractivity contribution is 5.86. The normalized spacial score (nSPS) is 14.1. The lowest BCUT2D eigenvalue weighted by atomic mass is 9.99. The number of hydrogen-bond acceptors (Lipinski definition) is 2. The van der Waals surface area contributed by atoms with E-state index in [1.807, 2.05) is 0 Å². The number of nitrogens with one attached hydrogen (secondary N) is 1. The lowest BCUT2D eigenvalue weighted by Gasteiger charge is -2.15. The van der Waals surface area contributed by atoms with Gasteiger partial charge >= 0.3 is 0 Å². The highest BCUT2D eigenvalue weighted by Gasteiger charge is 2.14. The molecule has 92 valence electrons. The van der Waals surface area contributed by atoms with Gasteiger partial charge in [0.1, 0.15) is 0 Å². The van der Waals surface area contributed by atoms with Crippen molar-refractivity contribution in [1.82, 2.24) is 5.32 Å². The first-order chi connectivity index (χ1) is 7.38. The van der Waals surface area contributed by atoms with E-state index < -0.39 is 0 Å². The number of hydrogen-bond donors (Lipinski definition) is 1. The third kappa shape index (κ3) is 5.69. The second kappa shape index (κ2) is 7.20. The first-order valence-corrected chi connectivity index (χ1v) is 5.81. The molecule has 0 rings (SSSR count). The summed E-state index contributed by atoms with van der Waals surface area (Å²) in [4.78, 5) is 22.2. The second-order valence-corrected chi connectivity index (χ2v) is 4.32. The Hall–Kier alpha value is -1.12. The van der Waals surface area contributed by atoms with Crippen LogP contribution in [0, 0.1) is 0 Å². The molecular formula is C13H23NO2. The van der Waals surface area contributed by atoms with Crippen LogP contribution in [-0.2, 0) is 9.59 Å². The van der Waals surface area contributed by atoms with Crippen LogP contribution in [0.3, 0.4) is 0 Å². The average molecular weight is 225 g/mol. The molecule has 0 aromatic carbocycles. The third-order valence-electron chi connectivity index (χ3n) is 2.94. The molecule has 0 aliphatic heterocycles. The van der Waals surface area contributed by atoms with E-state index in [1.165, 1.54) is 25.0 Å². The number of carbonyl (C=O) groups excluding carboxylic acids is 2. The molecule has 0 radical (unpaired) electrons. The Kier molecular flexibility index (Phi) is 6.70. The van der Waals surface area contributed by atoms with E-state index in [0.717, 1.165) is 12.8 Å². The fourth-order valence-corrected chi connectivity index (χ4v) is 1.50. The van der Waals surface area contributed by atoms with Gasteiger partial charge in [0.05, 0.1) is 6.04 Å². The summed E-state index contributed by atoms with van der Waals surface area (Å²) in [5.74, 6) is -0.119. The van der Waals surface area contributed by atoms with Crippen molar-refractivity contribution in [3.63, 3.8) is 0 Å². The Balaban J connectivity index is 4.33. The van der Waals surface area contributed by atoms with Gasteiger partial charge < -0.3 is 5.32 Å². The van der Waals surface area contributed by atoms with Crippen molar-refractivity contribution in [2.75, 3.05) is 0 Å². The Morgan fingerprint density at radius 3 is 2.00 bits per heavy atom. The Bertz CT molecular complexity index is 292. The summed E-state index contributed by atoms with van der Waals surface area (Å²) < 4.78 is 0. The van der Waals surface area contributed by atoms with Crippen LogP contribution >= 0.6 is 0 Å². The highest BCUT2D eigenvalue weighted by atomic mass is 16.2. The summed E-state index contributed by atoms with van der Waals surface area (Å²) in [7, 11) is 0. The van der Waals surface area contributed by atoms with E-state index in [1.54, 1.807) is 0 Å². The number of ketones is 1. The summed E-state index contributed by atoms with van der Waals surface area (Å²) in [6.45, 7) is 9.28. The fraction of sp³-hybridized carbons (Fsp3) is 0.692.